The Hall–Kier alpha value is -2.24. The molecule has 0 spiro atoms. The van der Waals surface area contributed by atoms with E-state index < -0.39 is 0 Å². The molecule has 1 heterocycles. The molecule has 0 unspecified atom stereocenters. The number of ether oxygens (including phenoxy) is 2. The summed E-state index contributed by atoms with van der Waals surface area (Å²) in [5, 5.41) is 0. The van der Waals surface area contributed by atoms with Crippen LogP contribution >= 0.6 is 0 Å². The number of nitrogens with zero attached hydrogens (tertiary/aromatic N) is 2. The van der Waals surface area contributed by atoms with Crippen LogP contribution in [0.1, 0.15) is 31.7 Å². The standard InChI is InChI=1S/C19H28N2O4/c1-4-18(22)20-10-5-11-21(13-12-20)19(23)9-7-15-6-8-16(24-2)17(14-15)25-3/h6,8,14H,4-5,7,9-13H2,1-3H3. The highest BCUT2D eigenvalue weighted by atomic mass is 16.5. The Bertz CT molecular complexity index is 603. The van der Waals surface area contributed by atoms with Gasteiger partial charge < -0.3 is 19.3 Å². The summed E-state index contributed by atoms with van der Waals surface area (Å²) >= 11 is 0. The molecule has 1 saturated heterocycles. The van der Waals surface area contributed by atoms with Crippen molar-refractivity contribution in [1.29, 1.82) is 0 Å². The van der Waals surface area contributed by atoms with Gasteiger partial charge in [-0.1, -0.05) is 13.0 Å². The van der Waals surface area contributed by atoms with Gasteiger partial charge in [-0.2, -0.15) is 0 Å². The van der Waals surface area contributed by atoms with E-state index in [1.807, 2.05) is 34.9 Å². The number of carbonyl (C=O) groups is 2. The maximum atomic E-state index is 12.5. The molecule has 0 saturated carbocycles. The van der Waals surface area contributed by atoms with Gasteiger partial charge in [-0.25, -0.2) is 0 Å². The molecule has 0 atom stereocenters. The van der Waals surface area contributed by atoms with Crippen LogP contribution in [0.2, 0.25) is 0 Å². The van der Waals surface area contributed by atoms with Crippen molar-refractivity contribution < 1.29 is 19.1 Å². The first-order chi connectivity index (χ1) is 12.1. The van der Waals surface area contributed by atoms with Crippen LogP contribution in [0.4, 0.5) is 0 Å². The number of hydrogen-bond donors (Lipinski definition) is 0. The first kappa shape index (κ1) is 19.1. The second-order valence-corrected chi connectivity index (χ2v) is 6.16. The Kier molecular flexibility index (Phi) is 7.10. The molecule has 6 heteroatoms. The summed E-state index contributed by atoms with van der Waals surface area (Å²) in [5.74, 6) is 1.67. The van der Waals surface area contributed by atoms with Gasteiger partial charge >= 0.3 is 0 Å². The van der Waals surface area contributed by atoms with Gasteiger partial charge in [0.25, 0.3) is 0 Å². The number of methoxy groups -OCH3 is 2. The summed E-state index contributed by atoms with van der Waals surface area (Å²) < 4.78 is 10.5. The zero-order valence-corrected chi connectivity index (χ0v) is 15.4. The molecule has 0 N–H and O–H groups in total. The topological polar surface area (TPSA) is 59.1 Å². The molecule has 1 aromatic rings. The Morgan fingerprint density at radius 3 is 2.20 bits per heavy atom. The van der Waals surface area contributed by atoms with Crippen LogP contribution < -0.4 is 9.47 Å². The number of rotatable bonds is 6. The number of aryl methyl sites for hydroxylation is 1. The van der Waals surface area contributed by atoms with Gasteiger partial charge in [0, 0.05) is 39.0 Å². The lowest BCUT2D eigenvalue weighted by Crippen LogP contribution is -2.37. The van der Waals surface area contributed by atoms with Crippen molar-refractivity contribution in [3.05, 3.63) is 23.8 Å². The zero-order valence-electron chi connectivity index (χ0n) is 15.4. The van der Waals surface area contributed by atoms with Crippen molar-refractivity contribution in [3.8, 4) is 11.5 Å². The lowest BCUT2D eigenvalue weighted by Gasteiger charge is -2.22. The molecule has 1 aliphatic rings. The molecule has 0 aromatic heterocycles. The van der Waals surface area contributed by atoms with Crippen molar-refractivity contribution in [3.63, 3.8) is 0 Å². The summed E-state index contributed by atoms with van der Waals surface area (Å²) in [5.41, 5.74) is 1.05. The summed E-state index contributed by atoms with van der Waals surface area (Å²) in [7, 11) is 3.21. The van der Waals surface area contributed by atoms with E-state index in [1.54, 1.807) is 14.2 Å². The molecular weight excluding hydrogens is 320 g/mol. The first-order valence-corrected chi connectivity index (χ1v) is 8.85. The first-order valence-electron chi connectivity index (χ1n) is 8.85. The number of amides is 2. The highest BCUT2D eigenvalue weighted by Crippen LogP contribution is 2.28. The molecular formula is C19H28N2O4. The SMILES string of the molecule is CCC(=O)N1CCCN(C(=O)CCc2ccc(OC)c(OC)c2)CC1. The minimum absolute atomic E-state index is 0.139. The lowest BCUT2D eigenvalue weighted by atomic mass is 10.1. The van der Waals surface area contributed by atoms with Crippen molar-refractivity contribution in [2.24, 2.45) is 0 Å². The van der Waals surface area contributed by atoms with E-state index in [1.165, 1.54) is 0 Å². The third-order valence-corrected chi connectivity index (χ3v) is 4.58. The lowest BCUT2D eigenvalue weighted by molar-refractivity contribution is -0.133. The molecule has 2 amide bonds. The van der Waals surface area contributed by atoms with Gasteiger partial charge in [0.2, 0.25) is 11.8 Å². The fourth-order valence-corrected chi connectivity index (χ4v) is 3.09. The van der Waals surface area contributed by atoms with Crippen molar-refractivity contribution in [2.75, 3.05) is 40.4 Å². The highest BCUT2D eigenvalue weighted by Gasteiger charge is 2.21. The average Bonchev–Trinajstić information content (AvgIpc) is 2.91. The minimum Gasteiger partial charge on any atom is -0.493 e. The van der Waals surface area contributed by atoms with Crippen molar-refractivity contribution in [2.45, 2.75) is 32.6 Å². The van der Waals surface area contributed by atoms with Crippen LogP contribution in [-0.4, -0.2) is 62.0 Å². The van der Waals surface area contributed by atoms with E-state index in [-0.39, 0.29) is 11.8 Å². The summed E-state index contributed by atoms with van der Waals surface area (Å²) in [6.07, 6.45) is 2.48. The molecule has 0 radical (unpaired) electrons. The van der Waals surface area contributed by atoms with Gasteiger partial charge in [0.05, 0.1) is 14.2 Å². The smallest absolute Gasteiger partial charge is 0.222 e. The van der Waals surface area contributed by atoms with Gasteiger partial charge in [0.15, 0.2) is 11.5 Å². The molecule has 1 aliphatic heterocycles. The molecule has 0 bridgehead atoms. The second-order valence-electron chi connectivity index (χ2n) is 6.16. The predicted molar refractivity (Wildman–Crippen MR) is 95.9 cm³/mol. The Morgan fingerprint density at radius 1 is 0.960 bits per heavy atom. The maximum Gasteiger partial charge on any atom is 0.222 e. The Balaban J connectivity index is 1.89. The molecule has 1 aromatic carbocycles. The molecule has 2 rings (SSSR count). The highest BCUT2D eigenvalue weighted by molar-refractivity contribution is 5.77. The van der Waals surface area contributed by atoms with Crippen LogP contribution in [0.5, 0.6) is 11.5 Å². The summed E-state index contributed by atoms with van der Waals surface area (Å²) in [6.45, 7) is 4.59. The Morgan fingerprint density at radius 2 is 1.60 bits per heavy atom. The van der Waals surface area contributed by atoms with E-state index in [9.17, 15) is 9.59 Å². The van der Waals surface area contributed by atoms with E-state index in [4.69, 9.17) is 9.47 Å². The van der Waals surface area contributed by atoms with E-state index >= 15 is 0 Å². The van der Waals surface area contributed by atoms with Crippen LogP contribution in [0.25, 0.3) is 0 Å². The molecule has 6 nitrogen and oxygen atoms in total. The minimum atomic E-state index is 0.139. The van der Waals surface area contributed by atoms with Gasteiger partial charge in [0.1, 0.15) is 0 Å². The maximum absolute atomic E-state index is 12.5. The quantitative estimate of drug-likeness (QED) is 0.790. The summed E-state index contributed by atoms with van der Waals surface area (Å²) in [6, 6.07) is 5.73. The fourth-order valence-electron chi connectivity index (χ4n) is 3.09. The summed E-state index contributed by atoms with van der Waals surface area (Å²) in [4.78, 5) is 28.1. The Labute approximate surface area is 149 Å². The normalized spacial score (nSPS) is 14.8. The predicted octanol–water partition coefficient (Wildman–Crippen LogP) is 2.11. The van der Waals surface area contributed by atoms with E-state index in [2.05, 4.69) is 0 Å². The number of carbonyl (C=O) groups excluding carboxylic acids is 2. The third kappa shape index (κ3) is 5.11. The molecule has 0 aliphatic carbocycles. The van der Waals surface area contributed by atoms with Crippen molar-refractivity contribution in [1.82, 2.24) is 9.80 Å². The fraction of sp³-hybridized carbons (Fsp3) is 0.579. The van der Waals surface area contributed by atoms with Crippen LogP contribution in [0, 0.1) is 0 Å². The number of hydrogen-bond acceptors (Lipinski definition) is 4. The van der Waals surface area contributed by atoms with Crippen LogP contribution in [0.15, 0.2) is 18.2 Å². The zero-order chi connectivity index (χ0) is 18.2. The van der Waals surface area contributed by atoms with Crippen LogP contribution in [0.3, 0.4) is 0 Å². The third-order valence-electron chi connectivity index (χ3n) is 4.58. The van der Waals surface area contributed by atoms with E-state index in [0.29, 0.717) is 43.9 Å². The molecule has 138 valence electrons. The van der Waals surface area contributed by atoms with Crippen molar-refractivity contribution >= 4 is 11.8 Å². The van der Waals surface area contributed by atoms with Gasteiger partial charge in [-0.05, 0) is 30.5 Å². The largest absolute Gasteiger partial charge is 0.493 e. The average molecular weight is 348 g/mol. The van der Waals surface area contributed by atoms with E-state index in [0.717, 1.165) is 25.1 Å². The van der Waals surface area contributed by atoms with Gasteiger partial charge in [-0.15, -0.1) is 0 Å². The van der Waals surface area contributed by atoms with Crippen LogP contribution in [-0.2, 0) is 16.0 Å². The second kappa shape index (κ2) is 9.30. The number of benzene rings is 1. The monoisotopic (exact) mass is 348 g/mol. The molecule has 1 fully saturated rings. The molecule has 25 heavy (non-hydrogen) atoms. The van der Waals surface area contributed by atoms with Gasteiger partial charge in [-0.3, -0.25) is 9.59 Å².